The fourth-order valence-corrected chi connectivity index (χ4v) is 2.27. The van der Waals surface area contributed by atoms with Crippen LogP contribution in [0.3, 0.4) is 0 Å². The molecule has 118 valence electrons. The van der Waals surface area contributed by atoms with Crippen LogP contribution < -0.4 is 10.6 Å². The van der Waals surface area contributed by atoms with Gasteiger partial charge in [0, 0.05) is 11.4 Å². The molecular weight excluding hydrogens is 300 g/mol. The third-order valence-corrected chi connectivity index (χ3v) is 3.47. The van der Waals surface area contributed by atoms with Gasteiger partial charge in [0.05, 0.1) is 17.8 Å². The molecule has 6 nitrogen and oxygen atoms in total. The number of rotatable bonds is 4. The van der Waals surface area contributed by atoms with E-state index in [-0.39, 0.29) is 0 Å². The van der Waals surface area contributed by atoms with E-state index in [4.69, 9.17) is 5.26 Å². The van der Waals surface area contributed by atoms with E-state index in [0.29, 0.717) is 17.3 Å². The molecule has 1 heterocycles. The lowest BCUT2D eigenvalue weighted by atomic mass is 10.1. The summed E-state index contributed by atoms with van der Waals surface area (Å²) in [5.41, 5.74) is 4.71. The number of nitrogens with zero attached hydrogens (tertiary/aromatic N) is 4. The molecule has 2 aromatic carbocycles. The normalized spacial score (nSPS) is 10.0. The van der Waals surface area contributed by atoms with Crippen molar-refractivity contribution in [3.05, 3.63) is 65.4 Å². The summed E-state index contributed by atoms with van der Waals surface area (Å²) < 4.78 is 0. The van der Waals surface area contributed by atoms with E-state index in [2.05, 4.69) is 44.9 Å². The van der Waals surface area contributed by atoms with Gasteiger partial charge in [-0.25, -0.2) is 0 Å². The van der Waals surface area contributed by atoms with Gasteiger partial charge in [-0.2, -0.15) is 15.3 Å². The second-order valence-electron chi connectivity index (χ2n) is 5.42. The van der Waals surface area contributed by atoms with Crippen molar-refractivity contribution in [2.45, 2.75) is 13.8 Å². The maximum Gasteiger partial charge on any atom is 0.249 e. The lowest BCUT2D eigenvalue weighted by Crippen LogP contribution is -2.03. The number of nitriles is 1. The van der Waals surface area contributed by atoms with Crippen molar-refractivity contribution in [1.29, 1.82) is 5.26 Å². The summed E-state index contributed by atoms with van der Waals surface area (Å²) in [5.74, 6) is 0.988. The van der Waals surface area contributed by atoms with Gasteiger partial charge in [-0.15, -0.1) is 5.10 Å². The largest absolute Gasteiger partial charge is 0.339 e. The van der Waals surface area contributed by atoms with Gasteiger partial charge in [-0.3, -0.25) is 0 Å². The van der Waals surface area contributed by atoms with Crippen molar-refractivity contribution >= 4 is 23.1 Å². The summed E-state index contributed by atoms with van der Waals surface area (Å²) in [6.45, 7) is 4.10. The summed E-state index contributed by atoms with van der Waals surface area (Å²) >= 11 is 0. The smallest absolute Gasteiger partial charge is 0.249 e. The molecule has 0 radical (unpaired) electrons. The summed E-state index contributed by atoms with van der Waals surface area (Å²) in [6, 6.07) is 15.3. The second kappa shape index (κ2) is 6.75. The summed E-state index contributed by atoms with van der Waals surface area (Å²) in [6.07, 6.45) is 1.57. The van der Waals surface area contributed by atoms with Crippen molar-refractivity contribution < 1.29 is 0 Å². The lowest BCUT2D eigenvalue weighted by Gasteiger charge is -2.10. The molecule has 0 atom stereocenters. The minimum absolute atomic E-state index is 0.384. The van der Waals surface area contributed by atoms with Crippen LogP contribution in [-0.2, 0) is 0 Å². The minimum Gasteiger partial charge on any atom is -0.339 e. The quantitative estimate of drug-likeness (QED) is 0.760. The molecule has 0 spiro atoms. The van der Waals surface area contributed by atoms with Gasteiger partial charge in [0.2, 0.25) is 5.95 Å². The first-order valence-electron chi connectivity index (χ1n) is 7.45. The van der Waals surface area contributed by atoms with Crippen LogP contribution in [-0.4, -0.2) is 15.2 Å². The van der Waals surface area contributed by atoms with Gasteiger partial charge < -0.3 is 10.6 Å². The highest BCUT2D eigenvalue weighted by Crippen LogP contribution is 2.21. The first-order chi connectivity index (χ1) is 11.6. The van der Waals surface area contributed by atoms with E-state index in [9.17, 15) is 0 Å². The maximum absolute atomic E-state index is 8.82. The van der Waals surface area contributed by atoms with Crippen LogP contribution in [0.1, 0.15) is 16.7 Å². The molecule has 3 aromatic rings. The molecule has 6 heteroatoms. The first-order valence-corrected chi connectivity index (χ1v) is 7.45. The zero-order valence-electron chi connectivity index (χ0n) is 13.4. The minimum atomic E-state index is 0.384. The average Bonchev–Trinajstić information content (AvgIpc) is 2.58. The second-order valence-corrected chi connectivity index (χ2v) is 5.42. The SMILES string of the molecule is Cc1ccc(Nc2cnnc(Nc3ccc(C#N)cc3)n2)c(C)c1. The number of hydrogen-bond acceptors (Lipinski definition) is 6. The van der Waals surface area contributed by atoms with Gasteiger partial charge in [-0.05, 0) is 49.7 Å². The standard InChI is InChI=1S/C18H16N6/c1-12-3-8-16(13(2)9-12)22-17-11-20-24-18(23-17)21-15-6-4-14(10-19)5-7-15/h3-9,11H,1-2H3,(H2,21,22,23,24). The van der Waals surface area contributed by atoms with E-state index in [1.54, 1.807) is 30.5 Å². The predicted molar refractivity (Wildman–Crippen MR) is 93.5 cm³/mol. The number of nitrogens with one attached hydrogen (secondary N) is 2. The van der Waals surface area contributed by atoms with Crippen LogP contribution in [0.2, 0.25) is 0 Å². The number of aryl methyl sites for hydroxylation is 2. The van der Waals surface area contributed by atoms with Gasteiger partial charge in [0.15, 0.2) is 5.82 Å². The molecule has 3 rings (SSSR count). The molecule has 0 unspecified atom stereocenters. The van der Waals surface area contributed by atoms with Crippen LogP contribution in [0, 0.1) is 25.2 Å². The molecule has 24 heavy (non-hydrogen) atoms. The predicted octanol–water partition coefficient (Wildman–Crippen LogP) is 3.85. The third-order valence-electron chi connectivity index (χ3n) is 3.47. The molecule has 1 aromatic heterocycles. The number of hydrogen-bond donors (Lipinski definition) is 2. The van der Waals surface area contributed by atoms with Crippen molar-refractivity contribution in [3.8, 4) is 6.07 Å². The van der Waals surface area contributed by atoms with Gasteiger partial charge >= 0.3 is 0 Å². The van der Waals surface area contributed by atoms with Crippen molar-refractivity contribution in [3.63, 3.8) is 0 Å². The number of aromatic nitrogens is 3. The molecule has 0 bridgehead atoms. The zero-order valence-corrected chi connectivity index (χ0v) is 13.4. The highest BCUT2D eigenvalue weighted by atomic mass is 15.3. The van der Waals surface area contributed by atoms with E-state index in [1.807, 2.05) is 19.1 Å². The molecule has 0 aliphatic rings. The van der Waals surface area contributed by atoms with E-state index >= 15 is 0 Å². The molecule has 0 amide bonds. The number of anilines is 4. The van der Waals surface area contributed by atoms with Crippen molar-refractivity contribution in [2.75, 3.05) is 10.6 Å². The highest BCUT2D eigenvalue weighted by molar-refractivity contribution is 5.62. The van der Waals surface area contributed by atoms with Gasteiger partial charge in [-0.1, -0.05) is 17.7 Å². The Kier molecular flexibility index (Phi) is 4.34. The first kappa shape index (κ1) is 15.4. The Hall–Kier alpha value is -3.46. The molecule has 0 saturated carbocycles. The van der Waals surface area contributed by atoms with Crippen molar-refractivity contribution in [1.82, 2.24) is 15.2 Å². The Labute approximate surface area is 140 Å². The number of benzene rings is 2. The Morgan fingerprint density at radius 1 is 1.00 bits per heavy atom. The molecule has 0 aliphatic carbocycles. The fraction of sp³-hybridized carbons (Fsp3) is 0.111. The zero-order chi connectivity index (χ0) is 16.9. The van der Waals surface area contributed by atoms with Crippen molar-refractivity contribution in [2.24, 2.45) is 0 Å². The topological polar surface area (TPSA) is 86.5 Å². The summed E-state index contributed by atoms with van der Waals surface area (Å²) in [5, 5.41) is 23.1. The van der Waals surface area contributed by atoms with Crippen LogP contribution in [0.15, 0.2) is 48.7 Å². The van der Waals surface area contributed by atoms with E-state index in [1.165, 1.54) is 5.56 Å². The lowest BCUT2D eigenvalue weighted by molar-refractivity contribution is 0.982. The maximum atomic E-state index is 8.82. The Morgan fingerprint density at radius 3 is 2.50 bits per heavy atom. The highest BCUT2D eigenvalue weighted by Gasteiger charge is 2.04. The fourth-order valence-electron chi connectivity index (χ4n) is 2.27. The molecule has 0 fully saturated rings. The third kappa shape index (κ3) is 3.65. The van der Waals surface area contributed by atoms with Crippen LogP contribution >= 0.6 is 0 Å². The molecule has 0 aliphatic heterocycles. The van der Waals surface area contributed by atoms with Gasteiger partial charge in [0.25, 0.3) is 0 Å². The Balaban J connectivity index is 1.77. The molecule has 2 N–H and O–H groups in total. The van der Waals surface area contributed by atoms with Crippen LogP contribution in [0.4, 0.5) is 23.1 Å². The van der Waals surface area contributed by atoms with Crippen LogP contribution in [0.5, 0.6) is 0 Å². The Bertz CT molecular complexity index is 896. The van der Waals surface area contributed by atoms with E-state index in [0.717, 1.165) is 16.9 Å². The van der Waals surface area contributed by atoms with Crippen LogP contribution in [0.25, 0.3) is 0 Å². The summed E-state index contributed by atoms with van der Waals surface area (Å²) in [7, 11) is 0. The molecule has 0 saturated heterocycles. The molecular formula is C18H16N6. The monoisotopic (exact) mass is 316 g/mol. The summed E-state index contributed by atoms with van der Waals surface area (Å²) in [4.78, 5) is 4.41. The van der Waals surface area contributed by atoms with E-state index < -0.39 is 0 Å². The Morgan fingerprint density at radius 2 is 1.79 bits per heavy atom. The van der Waals surface area contributed by atoms with Gasteiger partial charge in [0.1, 0.15) is 0 Å². The average molecular weight is 316 g/mol.